The molecule has 8 nitrogen and oxygen atoms in total. The fourth-order valence-electron chi connectivity index (χ4n) is 3.18. The van der Waals surface area contributed by atoms with Crippen LogP contribution in [0.4, 0.5) is 0 Å². The van der Waals surface area contributed by atoms with E-state index in [1.54, 1.807) is 6.92 Å². The second-order valence-corrected chi connectivity index (χ2v) is 12.1. The minimum Gasteiger partial charge on any atom is -0.480 e. The van der Waals surface area contributed by atoms with Gasteiger partial charge in [-0.05, 0) is 30.9 Å². The van der Waals surface area contributed by atoms with Gasteiger partial charge in [-0.25, -0.2) is 4.79 Å². The Morgan fingerprint density at radius 2 is 1.73 bits per heavy atom. The van der Waals surface area contributed by atoms with Gasteiger partial charge in [0.2, 0.25) is 17.7 Å². The van der Waals surface area contributed by atoms with Gasteiger partial charge in [0.1, 0.15) is 6.04 Å². The minimum atomic E-state index is -1.24. The number of rotatable bonds is 18. The predicted octanol–water partition coefficient (Wildman–Crippen LogP) is 2.56. The summed E-state index contributed by atoms with van der Waals surface area (Å²) in [5, 5.41) is 13.9. The Kier molecular flexibility index (Phi) is 17.8. The van der Waals surface area contributed by atoms with E-state index in [1.807, 2.05) is 30.3 Å². The molecule has 0 radical (unpaired) electrons. The second-order valence-electron chi connectivity index (χ2n) is 7.91. The number of amides is 3. The molecule has 0 aliphatic rings. The van der Waals surface area contributed by atoms with Crippen molar-refractivity contribution in [1.29, 1.82) is 0 Å². The standard InChI is InChI=1S/C23H35N3O5S6/c1-15(22(29)26(14-35)36-10-7-19(27)24-8-9-32)37-18(13-34)20(23(30)31)25-21(28)17(12-33)11-16-5-3-2-4-6-16/h2-6,15,17-18,20,32-35H,7-14H2,1H3,(H,24,27)(H,25,28)(H,30,31)/t15-,17-,18+,20+/m1/s1. The van der Waals surface area contributed by atoms with Crippen molar-refractivity contribution in [1.82, 2.24) is 14.9 Å². The lowest BCUT2D eigenvalue weighted by Gasteiger charge is -2.28. The Labute approximate surface area is 249 Å². The van der Waals surface area contributed by atoms with Crippen LogP contribution in [0.25, 0.3) is 0 Å². The summed E-state index contributed by atoms with van der Waals surface area (Å²) in [5.41, 5.74) is 0.950. The van der Waals surface area contributed by atoms with E-state index in [-0.39, 0.29) is 35.6 Å². The summed E-state index contributed by atoms with van der Waals surface area (Å²) in [5.74, 6) is -1.09. The van der Waals surface area contributed by atoms with E-state index in [9.17, 15) is 24.3 Å². The van der Waals surface area contributed by atoms with Crippen LogP contribution in [0.1, 0.15) is 18.9 Å². The number of aliphatic carboxylic acids is 1. The molecule has 1 rings (SSSR count). The van der Waals surface area contributed by atoms with Gasteiger partial charge < -0.3 is 15.7 Å². The number of benzene rings is 1. The van der Waals surface area contributed by atoms with Crippen LogP contribution in [0.15, 0.2) is 30.3 Å². The molecule has 0 fully saturated rings. The molecule has 0 aliphatic carbocycles. The quantitative estimate of drug-likeness (QED) is 0.0762. The molecule has 3 amide bonds. The number of carboxylic acid groups (broad SMARTS) is 1. The summed E-state index contributed by atoms with van der Waals surface area (Å²) >= 11 is 19.2. The molecule has 0 spiro atoms. The highest BCUT2D eigenvalue weighted by molar-refractivity contribution is 8.02. The van der Waals surface area contributed by atoms with Crippen LogP contribution in [0.5, 0.6) is 0 Å². The third kappa shape index (κ3) is 12.7. The first-order valence-corrected chi connectivity index (χ1v) is 16.0. The van der Waals surface area contributed by atoms with Crippen molar-refractivity contribution in [3.05, 3.63) is 35.9 Å². The van der Waals surface area contributed by atoms with Crippen LogP contribution in [0, 0.1) is 5.92 Å². The Morgan fingerprint density at radius 3 is 2.27 bits per heavy atom. The third-order valence-corrected chi connectivity index (χ3v) is 9.33. The number of hydrogen-bond acceptors (Lipinski definition) is 10. The zero-order valence-corrected chi connectivity index (χ0v) is 25.7. The van der Waals surface area contributed by atoms with Crippen molar-refractivity contribution in [2.24, 2.45) is 5.92 Å². The number of carbonyl (C=O) groups excluding carboxylic acids is 3. The van der Waals surface area contributed by atoms with Crippen LogP contribution in [-0.2, 0) is 25.6 Å². The summed E-state index contributed by atoms with van der Waals surface area (Å²) in [4.78, 5) is 49.8. The fraction of sp³-hybridized carbons (Fsp3) is 0.565. The molecule has 37 heavy (non-hydrogen) atoms. The van der Waals surface area contributed by atoms with Crippen molar-refractivity contribution in [3.63, 3.8) is 0 Å². The van der Waals surface area contributed by atoms with E-state index in [2.05, 4.69) is 61.1 Å². The maximum atomic E-state index is 13.0. The van der Waals surface area contributed by atoms with Crippen molar-refractivity contribution >= 4 is 97.9 Å². The van der Waals surface area contributed by atoms with Crippen LogP contribution in [0.2, 0.25) is 0 Å². The van der Waals surface area contributed by atoms with Crippen molar-refractivity contribution < 1.29 is 24.3 Å². The minimum absolute atomic E-state index is 0.125. The molecule has 0 aliphatic heterocycles. The van der Waals surface area contributed by atoms with Gasteiger partial charge in [-0.1, -0.05) is 30.3 Å². The summed E-state index contributed by atoms with van der Waals surface area (Å²) in [6.07, 6.45) is 0.663. The Bertz CT molecular complexity index is 867. The van der Waals surface area contributed by atoms with Gasteiger partial charge in [-0.2, -0.15) is 50.5 Å². The molecule has 0 unspecified atom stereocenters. The zero-order chi connectivity index (χ0) is 27.8. The van der Waals surface area contributed by atoms with E-state index in [1.165, 1.54) is 16.3 Å². The molecule has 0 bridgehead atoms. The lowest BCUT2D eigenvalue weighted by molar-refractivity contribution is -0.142. The van der Waals surface area contributed by atoms with Gasteiger partial charge in [0.05, 0.1) is 17.0 Å². The van der Waals surface area contributed by atoms with E-state index in [0.717, 1.165) is 17.3 Å². The van der Waals surface area contributed by atoms with Gasteiger partial charge in [-0.15, -0.1) is 11.8 Å². The number of hydrogen-bond donors (Lipinski definition) is 7. The number of carbonyl (C=O) groups is 4. The van der Waals surface area contributed by atoms with E-state index in [0.29, 0.717) is 24.5 Å². The first kappa shape index (κ1) is 34.2. The number of thiol groups is 4. The first-order valence-electron chi connectivity index (χ1n) is 11.5. The summed E-state index contributed by atoms with van der Waals surface area (Å²) < 4.78 is 1.44. The van der Waals surface area contributed by atoms with Crippen LogP contribution in [-0.4, -0.2) is 85.1 Å². The van der Waals surface area contributed by atoms with Gasteiger partial charge in [0.15, 0.2) is 0 Å². The zero-order valence-electron chi connectivity index (χ0n) is 20.5. The maximum absolute atomic E-state index is 13.0. The maximum Gasteiger partial charge on any atom is 0.327 e. The number of nitrogens with one attached hydrogen (secondary N) is 2. The molecular formula is C23H35N3O5S6. The molecule has 0 saturated carbocycles. The Morgan fingerprint density at radius 1 is 1.05 bits per heavy atom. The average molecular weight is 626 g/mol. The summed E-state index contributed by atoms with van der Waals surface area (Å²) in [6, 6.07) is 8.19. The summed E-state index contributed by atoms with van der Waals surface area (Å²) in [6.45, 7) is 2.15. The molecular weight excluding hydrogens is 591 g/mol. The van der Waals surface area contributed by atoms with Gasteiger partial charge in [-0.3, -0.25) is 18.7 Å². The van der Waals surface area contributed by atoms with Crippen molar-refractivity contribution in [3.8, 4) is 0 Å². The molecule has 1 aromatic rings. The van der Waals surface area contributed by atoms with Crippen molar-refractivity contribution in [2.45, 2.75) is 36.3 Å². The monoisotopic (exact) mass is 625 g/mol. The highest BCUT2D eigenvalue weighted by Gasteiger charge is 2.34. The number of thioether (sulfide) groups is 1. The van der Waals surface area contributed by atoms with E-state index >= 15 is 0 Å². The fourth-order valence-corrected chi connectivity index (χ4v) is 6.57. The topological polar surface area (TPSA) is 116 Å². The lowest BCUT2D eigenvalue weighted by atomic mass is 9.99. The Hall–Kier alpha value is -0.800. The normalized spacial score (nSPS) is 14.2. The van der Waals surface area contributed by atoms with Gasteiger partial charge >= 0.3 is 5.97 Å². The number of nitrogens with zero attached hydrogens (tertiary/aromatic N) is 1. The molecule has 4 atom stereocenters. The molecule has 14 heteroatoms. The molecule has 208 valence electrons. The largest absolute Gasteiger partial charge is 0.480 e. The first-order chi connectivity index (χ1) is 17.7. The highest BCUT2D eigenvalue weighted by Crippen LogP contribution is 2.27. The highest BCUT2D eigenvalue weighted by atomic mass is 32.2. The van der Waals surface area contributed by atoms with Crippen molar-refractivity contribution in [2.75, 3.05) is 35.4 Å². The van der Waals surface area contributed by atoms with Gasteiger partial charge in [0.25, 0.3) is 0 Å². The second kappa shape index (κ2) is 19.3. The molecule has 0 aromatic heterocycles. The molecule has 0 heterocycles. The smallest absolute Gasteiger partial charge is 0.327 e. The van der Waals surface area contributed by atoms with Gasteiger partial charge in [0, 0.05) is 41.2 Å². The van der Waals surface area contributed by atoms with Crippen LogP contribution in [0.3, 0.4) is 0 Å². The van der Waals surface area contributed by atoms with E-state index < -0.39 is 34.3 Å². The molecule has 0 saturated heterocycles. The predicted molar refractivity (Wildman–Crippen MR) is 166 cm³/mol. The molecule has 1 aromatic carbocycles. The van der Waals surface area contributed by atoms with Crippen LogP contribution < -0.4 is 10.6 Å². The molecule has 3 N–H and O–H groups in total. The van der Waals surface area contributed by atoms with E-state index in [4.69, 9.17) is 0 Å². The SMILES string of the molecule is C[C@@H](S[C@@H](CS)[C@H](NC(=O)[C@@H](CS)Cc1ccccc1)C(=O)O)C(=O)N(CS)SCCC(=O)NCCS. The summed E-state index contributed by atoms with van der Waals surface area (Å²) in [7, 11) is 0. The average Bonchev–Trinajstić information content (AvgIpc) is 2.90. The van der Waals surface area contributed by atoms with Crippen LogP contribution >= 0.6 is 74.2 Å². The Balaban J connectivity index is 2.77. The number of carboxylic acids is 1. The lowest BCUT2D eigenvalue weighted by Crippen LogP contribution is -2.51. The third-order valence-electron chi connectivity index (χ3n) is 5.14.